The first-order chi connectivity index (χ1) is 8.04. The molecule has 17 heavy (non-hydrogen) atoms. The van der Waals surface area contributed by atoms with Crippen LogP contribution >= 0.6 is 27.5 Å². The molecule has 0 N–H and O–H groups in total. The highest BCUT2D eigenvalue weighted by molar-refractivity contribution is 9.10. The summed E-state index contributed by atoms with van der Waals surface area (Å²) in [6.07, 6.45) is 1.64. The summed E-state index contributed by atoms with van der Waals surface area (Å²) in [7, 11) is 1.55. The van der Waals surface area contributed by atoms with E-state index in [1.807, 2.05) is 13.8 Å². The summed E-state index contributed by atoms with van der Waals surface area (Å²) in [6, 6.07) is 3.53. The minimum Gasteiger partial charge on any atom is -0.462 e. The maximum absolute atomic E-state index is 6.07. The Morgan fingerprint density at radius 2 is 2.12 bits per heavy atom. The first kappa shape index (κ1) is 14.4. The van der Waals surface area contributed by atoms with Gasteiger partial charge in [0.1, 0.15) is 0 Å². The fourth-order valence-electron chi connectivity index (χ4n) is 1.06. The molecule has 0 amide bonds. The van der Waals surface area contributed by atoms with Crippen molar-refractivity contribution < 1.29 is 14.2 Å². The van der Waals surface area contributed by atoms with E-state index in [9.17, 15) is 0 Å². The van der Waals surface area contributed by atoms with E-state index in [2.05, 4.69) is 15.9 Å². The van der Waals surface area contributed by atoms with E-state index in [4.69, 9.17) is 25.8 Å². The minimum atomic E-state index is 0.118. The molecule has 0 saturated carbocycles. The van der Waals surface area contributed by atoms with Crippen LogP contribution in [0, 0.1) is 0 Å². The molecule has 0 spiro atoms. The van der Waals surface area contributed by atoms with Gasteiger partial charge in [-0.15, -0.1) is 0 Å². The Morgan fingerprint density at radius 1 is 1.41 bits per heavy atom. The Bertz CT molecular complexity index is 414. The van der Waals surface area contributed by atoms with Crippen LogP contribution in [0.15, 0.2) is 28.4 Å². The maximum Gasteiger partial charge on any atom is 0.188 e. The molecule has 0 fully saturated rings. The Morgan fingerprint density at radius 3 is 2.71 bits per heavy atom. The zero-order chi connectivity index (χ0) is 12.8. The maximum atomic E-state index is 6.07. The van der Waals surface area contributed by atoms with E-state index in [0.717, 1.165) is 10.0 Å². The number of allylic oxidation sites excluding steroid dienone is 1. The van der Waals surface area contributed by atoms with E-state index in [1.54, 1.807) is 25.5 Å². The monoisotopic (exact) mass is 320 g/mol. The van der Waals surface area contributed by atoms with Crippen LogP contribution < -0.4 is 9.47 Å². The molecule has 5 heteroatoms. The molecule has 0 heterocycles. The van der Waals surface area contributed by atoms with Crippen molar-refractivity contribution in [1.82, 2.24) is 0 Å². The van der Waals surface area contributed by atoms with Gasteiger partial charge in [0.2, 0.25) is 0 Å². The summed E-state index contributed by atoms with van der Waals surface area (Å²) >= 11 is 9.42. The van der Waals surface area contributed by atoms with Gasteiger partial charge >= 0.3 is 0 Å². The third-order valence-corrected chi connectivity index (χ3v) is 2.46. The molecule has 1 aromatic carbocycles. The molecule has 0 unspecified atom stereocenters. The van der Waals surface area contributed by atoms with Crippen molar-refractivity contribution in [3.63, 3.8) is 0 Å². The first-order valence-corrected chi connectivity index (χ1v) is 6.12. The highest BCUT2D eigenvalue weighted by atomic mass is 79.9. The number of halogens is 2. The predicted molar refractivity (Wildman–Crippen MR) is 71.7 cm³/mol. The summed E-state index contributed by atoms with van der Waals surface area (Å²) in [5.74, 6) is 1.01. The normalized spacial score (nSPS) is 9.94. The lowest BCUT2D eigenvalue weighted by molar-refractivity contribution is 0.0495. The Hall–Kier alpha value is -0.710. The zero-order valence-electron chi connectivity index (χ0n) is 9.92. The zero-order valence-corrected chi connectivity index (χ0v) is 12.3. The molecule has 1 rings (SSSR count). The molecule has 0 aliphatic rings. The van der Waals surface area contributed by atoms with Gasteiger partial charge in [0, 0.05) is 11.6 Å². The number of hydrogen-bond acceptors (Lipinski definition) is 3. The number of methoxy groups -OCH3 is 1. The fraction of sp³-hybridized carbons (Fsp3) is 0.333. The largest absolute Gasteiger partial charge is 0.462 e. The van der Waals surface area contributed by atoms with Crippen LogP contribution in [-0.2, 0) is 4.74 Å². The number of hydrogen-bond donors (Lipinski definition) is 0. The number of benzene rings is 1. The lowest BCUT2D eigenvalue weighted by Crippen LogP contribution is -2.01. The molecule has 0 radical (unpaired) electrons. The predicted octanol–water partition coefficient (Wildman–Crippen LogP) is 4.39. The van der Waals surface area contributed by atoms with Crippen molar-refractivity contribution in [2.45, 2.75) is 13.8 Å². The molecular formula is C12H14BrClO3. The SMILES string of the molecule is COCOc1c(Cl)cc(Br)cc1OC=C(C)C. The van der Waals surface area contributed by atoms with Gasteiger partial charge in [-0.2, -0.15) is 0 Å². The molecule has 0 bridgehead atoms. The average molecular weight is 322 g/mol. The molecule has 0 saturated heterocycles. The standard InChI is InChI=1S/C12H14BrClO3/c1-8(2)6-16-11-5-9(13)4-10(14)12(11)17-7-15-3/h4-6H,7H2,1-3H3. The average Bonchev–Trinajstić information content (AvgIpc) is 2.24. The van der Waals surface area contributed by atoms with Crippen LogP contribution in [0.1, 0.15) is 13.8 Å². The minimum absolute atomic E-state index is 0.118. The summed E-state index contributed by atoms with van der Waals surface area (Å²) in [4.78, 5) is 0. The summed E-state index contributed by atoms with van der Waals surface area (Å²) in [5.41, 5.74) is 1.04. The second-order valence-electron chi connectivity index (χ2n) is 3.58. The molecule has 3 nitrogen and oxygen atoms in total. The molecule has 0 atom stereocenters. The van der Waals surface area contributed by atoms with Crippen LogP contribution in [0.4, 0.5) is 0 Å². The Labute approximate surface area is 114 Å². The van der Waals surface area contributed by atoms with E-state index >= 15 is 0 Å². The first-order valence-electron chi connectivity index (χ1n) is 4.95. The van der Waals surface area contributed by atoms with Gasteiger partial charge < -0.3 is 14.2 Å². The summed E-state index contributed by atoms with van der Waals surface area (Å²) < 4.78 is 16.5. The second-order valence-corrected chi connectivity index (χ2v) is 4.90. The van der Waals surface area contributed by atoms with Crippen molar-refractivity contribution in [3.05, 3.63) is 33.5 Å². The summed E-state index contributed by atoms with van der Waals surface area (Å²) in [5, 5.41) is 0.466. The number of rotatable bonds is 5. The molecule has 1 aromatic rings. The van der Waals surface area contributed by atoms with Crippen molar-refractivity contribution in [2.24, 2.45) is 0 Å². The summed E-state index contributed by atoms with van der Waals surface area (Å²) in [6.45, 7) is 4.00. The van der Waals surface area contributed by atoms with E-state index in [-0.39, 0.29) is 6.79 Å². The van der Waals surface area contributed by atoms with E-state index < -0.39 is 0 Å². The van der Waals surface area contributed by atoms with Gasteiger partial charge in [-0.3, -0.25) is 0 Å². The Balaban J connectivity index is 3.02. The van der Waals surface area contributed by atoms with Crippen molar-refractivity contribution in [2.75, 3.05) is 13.9 Å². The molecule has 0 aliphatic carbocycles. The van der Waals surface area contributed by atoms with Gasteiger partial charge in [0.05, 0.1) is 11.3 Å². The fourth-order valence-corrected chi connectivity index (χ4v) is 1.90. The Kier molecular flexibility index (Phi) is 5.82. The highest BCUT2D eigenvalue weighted by Crippen LogP contribution is 2.38. The third kappa shape index (κ3) is 4.58. The van der Waals surface area contributed by atoms with Crippen LogP contribution in [0.3, 0.4) is 0 Å². The van der Waals surface area contributed by atoms with Crippen LogP contribution in [0.2, 0.25) is 5.02 Å². The molecule has 0 aliphatic heterocycles. The van der Waals surface area contributed by atoms with Crippen molar-refractivity contribution in [1.29, 1.82) is 0 Å². The molecule has 94 valence electrons. The van der Waals surface area contributed by atoms with E-state index in [0.29, 0.717) is 16.5 Å². The van der Waals surface area contributed by atoms with Gasteiger partial charge in [-0.1, -0.05) is 27.5 Å². The smallest absolute Gasteiger partial charge is 0.188 e. The lowest BCUT2D eigenvalue weighted by atomic mass is 10.3. The molecule has 0 aromatic heterocycles. The van der Waals surface area contributed by atoms with Crippen LogP contribution in [0.25, 0.3) is 0 Å². The van der Waals surface area contributed by atoms with Crippen molar-refractivity contribution >= 4 is 27.5 Å². The molecular weight excluding hydrogens is 307 g/mol. The third-order valence-electron chi connectivity index (χ3n) is 1.72. The lowest BCUT2D eigenvalue weighted by Gasteiger charge is -2.12. The topological polar surface area (TPSA) is 27.7 Å². The second kappa shape index (κ2) is 6.89. The quantitative estimate of drug-likeness (QED) is 0.595. The van der Waals surface area contributed by atoms with E-state index in [1.165, 1.54) is 0 Å². The van der Waals surface area contributed by atoms with Gasteiger partial charge in [0.15, 0.2) is 18.3 Å². The van der Waals surface area contributed by atoms with Gasteiger partial charge in [-0.25, -0.2) is 0 Å². The van der Waals surface area contributed by atoms with Crippen LogP contribution in [-0.4, -0.2) is 13.9 Å². The van der Waals surface area contributed by atoms with Crippen LogP contribution in [0.5, 0.6) is 11.5 Å². The number of ether oxygens (including phenoxy) is 3. The van der Waals surface area contributed by atoms with Gasteiger partial charge in [0.25, 0.3) is 0 Å². The van der Waals surface area contributed by atoms with Gasteiger partial charge in [-0.05, 0) is 31.6 Å². The highest BCUT2D eigenvalue weighted by Gasteiger charge is 2.11. The van der Waals surface area contributed by atoms with Crippen molar-refractivity contribution in [3.8, 4) is 11.5 Å².